The van der Waals surface area contributed by atoms with Crippen LogP contribution in [-0.4, -0.2) is 17.1 Å². The molecule has 22 heavy (non-hydrogen) atoms. The average Bonchev–Trinajstić information content (AvgIpc) is 2.52. The minimum Gasteiger partial charge on any atom is -0.392 e. The number of hydrogen-bond acceptors (Lipinski definition) is 2. The number of amides is 1. The second kappa shape index (κ2) is 5.09. The highest BCUT2D eigenvalue weighted by atomic mass is 16.3. The van der Waals surface area contributed by atoms with Crippen molar-refractivity contribution in [2.75, 3.05) is 0 Å². The Morgan fingerprint density at radius 1 is 1.18 bits per heavy atom. The fourth-order valence-electron chi connectivity index (χ4n) is 5.50. The summed E-state index contributed by atoms with van der Waals surface area (Å²) in [6.45, 7) is 2.03. The van der Waals surface area contributed by atoms with Crippen molar-refractivity contribution in [1.29, 1.82) is 0 Å². The summed E-state index contributed by atoms with van der Waals surface area (Å²) in [5.41, 5.74) is 0.604. The maximum atomic E-state index is 13.0. The highest BCUT2D eigenvalue weighted by Crippen LogP contribution is 2.60. The quantitative estimate of drug-likeness (QED) is 0.901. The van der Waals surface area contributed by atoms with Gasteiger partial charge >= 0.3 is 0 Å². The molecular weight excluding hydrogens is 274 g/mol. The van der Waals surface area contributed by atoms with Gasteiger partial charge in [-0.25, -0.2) is 0 Å². The van der Waals surface area contributed by atoms with E-state index in [9.17, 15) is 9.90 Å². The first-order valence-corrected chi connectivity index (χ1v) is 8.62. The number of aliphatic hydroxyl groups is 1. The standard InChI is InChI=1S/C19H25NO2/c1-12(15-5-3-2-4-6-15)20-18(22)19-10-13-7-14(11-19)9-16(8-13)17(19)21/h2-6,12-14,16-17,21H,7-11H2,1H3,(H,20,22). The summed E-state index contributed by atoms with van der Waals surface area (Å²) >= 11 is 0. The zero-order valence-corrected chi connectivity index (χ0v) is 13.2. The Morgan fingerprint density at radius 3 is 2.45 bits per heavy atom. The molecule has 3 heteroatoms. The molecule has 3 nitrogen and oxygen atoms in total. The number of carbonyl (C=O) groups excluding carboxylic acids is 1. The Morgan fingerprint density at radius 2 is 1.82 bits per heavy atom. The lowest BCUT2D eigenvalue weighted by atomic mass is 9.48. The van der Waals surface area contributed by atoms with Crippen molar-refractivity contribution in [3.8, 4) is 0 Å². The second-order valence-corrected chi connectivity index (χ2v) is 7.81. The summed E-state index contributed by atoms with van der Waals surface area (Å²) < 4.78 is 0. The molecule has 4 aliphatic rings. The van der Waals surface area contributed by atoms with E-state index in [1.165, 1.54) is 6.42 Å². The van der Waals surface area contributed by atoms with E-state index in [4.69, 9.17) is 0 Å². The predicted octanol–water partition coefficient (Wildman–Crippen LogP) is 3.05. The average molecular weight is 299 g/mol. The minimum absolute atomic E-state index is 0.00564. The maximum Gasteiger partial charge on any atom is 0.229 e. The highest BCUT2D eigenvalue weighted by Gasteiger charge is 2.60. The molecule has 4 bridgehead atoms. The van der Waals surface area contributed by atoms with E-state index in [-0.39, 0.29) is 11.9 Å². The third-order valence-corrected chi connectivity index (χ3v) is 6.36. The Labute approximate surface area is 132 Å². The molecular formula is C19H25NO2. The van der Waals surface area contributed by atoms with Crippen molar-refractivity contribution in [2.24, 2.45) is 23.2 Å². The van der Waals surface area contributed by atoms with E-state index in [1.54, 1.807) is 0 Å². The largest absolute Gasteiger partial charge is 0.392 e. The van der Waals surface area contributed by atoms with E-state index >= 15 is 0 Å². The molecule has 4 aliphatic carbocycles. The van der Waals surface area contributed by atoms with Gasteiger partial charge in [-0.2, -0.15) is 0 Å². The van der Waals surface area contributed by atoms with Crippen LogP contribution in [-0.2, 0) is 4.79 Å². The van der Waals surface area contributed by atoms with E-state index in [0.717, 1.165) is 31.2 Å². The molecule has 1 amide bonds. The van der Waals surface area contributed by atoms with Gasteiger partial charge in [-0.15, -0.1) is 0 Å². The molecule has 0 aliphatic heterocycles. The molecule has 4 fully saturated rings. The molecule has 4 unspecified atom stereocenters. The Hall–Kier alpha value is -1.35. The molecule has 0 radical (unpaired) electrons. The van der Waals surface area contributed by atoms with Crippen LogP contribution >= 0.6 is 0 Å². The van der Waals surface area contributed by atoms with Gasteiger partial charge in [0.2, 0.25) is 5.91 Å². The van der Waals surface area contributed by atoms with Gasteiger partial charge in [0.05, 0.1) is 17.6 Å². The third-order valence-electron chi connectivity index (χ3n) is 6.36. The summed E-state index contributed by atoms with van der Waals surface area (Å²) in [6, 6.07) is 10.1. The highest BCUT2D eigenvalue weighted by molar-refractivity contribution is 5.84. The number of carbonyl (C=O) groups is 1. The van der Waals surface area contributed by atoms with Crippen LogP contribution in [0.3, 0.4) is 0 Å². The molecule has 5 rings (SSSR count). The van der Waals surface area contributed by atoms with Crippen molar-refractivity contribution in [3.05, 3.63) is 35.9 Å². The molecule has 118 valence electrons. The zero-order chi connectivity index (χ0) is 15.3. The number of nitrogens with one attached hydrogen (secondary N) is 1. The summed E-state index contributed by atoms with van der Waals surface area (Å²) in [7, 11) is 0. The van der Waals surface area contributed by atoms with Gasteiger partial charge in [-0.1, -0.05) is 30.3 Å². The molecule has 0 saturated heterocycles. The molecule has 0 heterocycles. The van der Waals surface area contributed by atoms with Crippen LogP contribution in [0.2, 0.25) is 0 Å². The summed E-state index contributed by atoms with van der Waals surface area (Å²) in [4.78, 5) is 13.0. The van der Waals surface area contributed by atoms with Crippen molar-refractivity contribution in [3.63, 3.8) is 0 Å². The van der Waals surface area contributed by atoms with Crippen molar-refractivity contribution in [1.82, 2.24) is 5.32 Å². The SMILES string of the molecule is CC(NC(=O)C12CC3CC(CC(C3)C1O)C2)c1ccccc1. The summed E-state index contributed by atoms with van der Waals surface area (Å²) in [6.07, 6.45) is 4.85. The van der Waals surface area contributed by atoms with Crippen LogP contribution in [0.5, 0.6) is 0 Å². The van der Waals surface area contributed by atoms with Gasteiger partial charge in [0.25, 0.3) is 0 Å². The van der Waals surface area contributed by atoms with Gasteiger partial charge in [-0.3, -0.25) is 4.79 Å². The zero-order valence-electron chi connectivity index (χ0n) is 13.2. The molecule has 4 saturated carbocycles. The van der Waals surface area contributed by atoms with Crippen LogP contribution in [0.25, 0.3) is 0 Å². The maximum absolute atomic E-state index is 13.0. The lowest BCUT2D eigenvalue weighted by Crippen LogP contribution is -2.62. The second-order valence-electron chi connectivity index (χ2n) is 7.81. The molecule has 1 aromatic rings. The molecule has 4 atom stereocenters. The summed E-state index contributed by atoms with van der Waals surface area (Å²) in [5, 5.41) is 14.0. The first-order chi connectivity index (χ1) is 10.6. The Bertz CT molecular complexity index is 556. The first-order valence-electron chi connectivity index (χ1n) is 8.62. The fourth-order valence-corrected chi connectivity index (χ4v) is 5.50. The molecule has 0 aromatic heterocycles. The topological polar surface area (TPSA) is 49.3 Å². The fraction of sp³-hybridized carbons (Fsp3) is 0.632. The number of benzene rings is 1. The van der Waals surface area contributed by atoms with E-state index in [1.807, 2.05) is 37.3 Å². The Kier molecular flexibility index (Phi) is 3.30. The lowest BCUT2D eigenvalue weighted by Gasteiger charge is -2.58. The van der Waals surface area contributed by atoms with Gasteiger partial charge in [0.15, 0.2) is 0 Å². The van der Waals surface area contributed by atoms with Crippen molar-refractivity contribution >= 4 is 5.91 Å². The van der Waals surface area contributed by atoms with E-state index < -0.39 is 11.5 Å². The lowest BCUT2D eigenvalue weighted by molar-refractivity contribution is -0.177. The number of aliphatic hydroxyl groups excluding tert-OH is 1. The van der Waals surface area contributed by atoms with Crippen molar-refractivity contribution in [2.45, 2.75) is 51.2 Å². The van der Waals surface area contributed by atoms with Gasteiger partial charge < -0.3 is 10.4 Å². The summed E-state index contributed by atoms with van der Waals surface area (Å²) in [5.74, 6) is 1.73. The van der Waals surface area contributed by atoms with Crippen LogP contribution in [0.15, 0.2) is 30.3 Å². The third kappa shape index (κ3) is 2.10. The van der Waals surface area contributed by atoms with Crippen LogP contribution in [0, 0.1) is 23.2 Å². The number of hydrogen-bond donors (Lipinski definition) is 2. The van der Waals surface area contributed by atoms with Gasteiger partial charge in [0.1, 0.15) is 0 Å². The van der Waals surface area contributed by atoms with Crippen LogP contribution < -0.4 is 5.32 Å². The Balaban J connectivity index is 1.55. The van der Waals surface area contributed by atoms with Crippen LogP contribution in [0.1, 0.15) is 50.6 Å². The molecule has 2 N–H and O–H groups in total. The van der Waals surface area contributed by atoms with Crippen molar-refractivity contribution < 1.29 is 9.90 Å². The molecule has 0 spiro atoms. The monoisotopic (exact) mass is 299 g/mol. The van der Waals surface area contributed by atoms with E-state index in [0.29, 0.717) is 17.8 Å². The van der Waals surface area contributed by atoms with Gasteiger partial charge in [-0.05, 0) is 62.3 Å². The van der Waals surface area contributed by atoms with E-state index in [2.05, 4.69) is 5.32 Å². The first kappa shape index (κ1) is 14.3. The normalized spacial score (nSPS) is 40.5. The number of rotatable bonds is 3. The molecule has 1 aromatic carbocycles. The smallest absolute Gasteiger partial charge is 0.229 e. The minimum atomic E-state index is -0.516. The van der Waals surface area contributed by atoms with Gasteiger partial charge in [0, 0.05) is 0 Å². The van der Waals surface area contributed by atoms with Crippen LogP contribution in [0.4, 0.5) is 0 Å². The predicted molar refractivity (Wildman–Crippen MR) is 85.0 cm³/mol.